The second kappa shape index (κ2) is 7.42. The first-order valence-electron chi connectivity index (χ1n) is 5.65. The number of ether oxygens (including phenoxy) is 1. The lowest BCUT2D eigenvalue weighted by Gasteiger charge is -2.15. The minimum atomic E-state index is 0.0169. The van der Waals surface area contributed by atoms with Crippen molar-refractivity contribution in [2.45, 2.75) is 6.92 Å². The number of carbonyl (C=O) groups excluding carboxylic acids is 1. The third-order valence-electron chi connectivity index (χ3n) is 2.42. The average molecular weight is 256 g/mol. The van der Waals surface area contributed by atoms with Crippen molar-refractivity contribution in [2.75, 3.05) is 40.4 Å². The monoisotopic (exact) mass is 256 g/mol. The molecule has 0 unspecified atom stereocenters. The van der Waals surface area contributed by atoms with E-state index in [1.165, 1.54) is 11.3 Å². The van der Waals surface area contributed by atoms with Gasteiger partial charge in [-0.05, 0) is 26.1 Å². The van der Waals surface area contributed by atoms with Crippen LogP contribution in [0.15, 0.2) is 12.1 Å². The van der Waals surface area contributed by atoms with Gasteiger partial charge in [0.2, 0.25) is 0 Å². The Morgan fingerprint density at radius 1 is 1.47 bits per heavy atom. The summed E-state index contributed by atoms with van der Waals surface area (Å²) in [5, 5.41) is 2.91. The molecule has 1 rings (SSSR count). The van der Waals surface area contributed by atoms with Crippen molar-refractivity contribution >= 4 is 17.2 Å². The molecule has 0 aliphatic carbocycles. The van der Waals surface area contributed by atoms with Gasteiger partial charge in [-0.25, -0.2) is 0 Å². The number of thiophene rings is 1. The molecular weight excluding hydrogens is 236 g/mol. The SMILES string of the molecule is COCCN(C)CCNC(=O)c1ccc(C)s1. The number of nitrogens with zero attached hydrogens (tertiary/aromatic N) is 1. The number of hydrogen-bond acceptors (Lipinski definition) is 4. The lowest BCUT2D eigenvalue weighted by molar-refractivity contribution is 0.0951. The molecule has 1 amide bonds. The first-order chi connectivity index (χ1) is 8.13. The fourth-order valence-electron chi connectivity index (χ4n) is 1.36. The highest BCUT2D eigenvalue weighted by atomic mass is 32.1. The molecule has 96 valence electrons. The van der Waals surface area contributed by atoms with Crippen LogP contribution >= 0.6 is 11.3 Å². The van der Waals surface area contributed by atoms with E-state index in [0.29, 0.717) is 13.2 Å². The largest absolute Gasteiger partial charge is 0.383 e. The zero-order valence-electron chi connectivity index (χ0n) is 10.7. The van der Waals surface area contributed by atoms with Crippen LogP contribution in [0.2, 0.25) is 0 Å². The van der Waals surface area contributed by atoms with Crippen molar-refractivity contribution in [1.29, 1.82) is 0 Å². The predicted octanol–water partition coefficient (Wildman–Crippen LogP) is 1.36. The molecule has 17 heavy (non-hydrogen) atoms. The van der Waals surface area contributed by atoms with Crippen LogP contribution in [0.1, 0.15) is 14.5 Å². The van der Waals surface area contributed by atoms with Crippen molar-refractivity contribution < 1.29 is 9.53 Å². The van der Waals surface area contributed by atoms with Gasteiger partial charge in [-0.3, -0.25) is 4.79 Å². The second-order valence-corrected chi connectivity index (χ2v) is 5.25. The molecule has 0 atom stereocenters. The molecule has 0 aliphatic heterocycles. The smallest absolute Gasteiger partial charge is 0.261 e. The normalized spacial score (nSPS) is 10.8. The Morgan fingerprint density at radius 3 is 2.82 bits per heavy atom. The Labute approximate surface area is 107 Å². The molecule has 0 saturated carbocycles. The van der Waals surface area contributed by atoms with Gasteiger partial charge in [0.05, 0.1) is 11.5 Å². The molecule has 4 nitrogen and oxygen atoms in total. The highest BCUT2D eigenvalue weighted by molar-refractivity contribution is 7.13. The first-order valence-corrected chi connectivity index (χ1v) is 6.47. The molecule has 0 radical (unpaired) electrons. The third-order valence-corrected chi connectivity index (χ3v) is 3.42. The Morgan fingerprint density at radius 2 is 2.24 bits per heavy atom. The van der Waals surface area contributed by atoms with Gasteiger partial charge in [-0.1, -0.05) is 0 Å². The van der Waals surface area contributed by atoms with Gasteiger partial charge >= 0.3 is 0 Å². The molecule has 5 heteroatoms. The number of methoxy groups -OCH3 is 1. The minimum Gasteiger partial charge on any atom is -0.383 e. The van der Waals surface area contributed by atoms with Gasteiger partial charge in [0.25, 0.3) is 5.91 Å². The van der Waals surface area contributed by atoms with Crippen LogP contribution in [-0.4, -0.2) is 51.2 Å². The highest BCUT2D eigenvalue weighted by Gasteiger charge is 2.07. The lowest BCUT2D eigenvalue weighted by atomic mass is 10.4. The summed E-state index contributed by atoms with van der Waals surface area (Å²) in [5.74, 6) is 0.0169. The van der Waals surface area contributed by atoms with E-state index in [-0.39, 0.29) is 5.91 Å². The van der Waals surface area contributed by atoms with Gasteiger partial charge in [0.15, 0.2) is 0 Å². The van der Waals surface area contributed by atoms with Crippen LogP contribution < -0.4 is 5.32 Å². The van der Waals surface area contributed by atoms with Crippen LogP contribution in [0.4, 0.5) is 0 Å². The molecule has 0 bridgehead atoms. The summed E-state index contributed by atoms with van der Waals surface area (Å²) in [6.45, 7) is 5.09. The molecule has 1 heterocycles. The lowest BCUT2D eigenvalue weighted by Crippen LogP contribution is -2.34. The van der Waals surface area contributed by atoms with Crippen molar-refractivity contribution in [1.82, 2.24) is 10.2 Å². The van der Waals surface area contributed by atoms with Crippen LogP contribution in [0.3, 0.4) is 0 Å². The first kappa shape index (κ1) is 14.2. The number of likely N-dealkylation sites (N-methyl/N-ethyl adjacent to an activating group) is 1. The van der Waals surface area contributed by atoms with Crippen LogP contribution in [-0.2, 0) is 4.74 Å². The Hall–Kier alpha value is -0.910. The summed E-state index contributed by atoms with van der Waals surface area (Å²) in [6, 6.07) is 3.83. The molecule has 0 fully saturated rings. The van der Waals surface area contributed by atoms with Gasteiger partial charge in [0.1, 0.15) is 0 Å². The number of hydrogen-bond donors (Lipinski definition) is 1. The molecular formula is C12H20N2O2S. The van der Waals surface area contributed by atoms with E-state index >= 15 is 0 Å². The summed E-state index contributed by atoms with van der Waals surface area (Å²) in [4.78, 5) is 15.8. The Balaban J connectivity index is 2.20. The maximum Gasteiger partial charge on any atom is 0.261 e. The van der Waals surface area contributed by atoms with E-state index in [4.69, 9.17) is 4.74 Å². The summed E-state index contributed by atoms with van der Waals surface area (Å²) in [7, 11) is 3.70. The number of amides is 1. The average Bonchev–Trinajstić information content (AvgIpc) is 2.73. The number of aryl methyl sites for hydroxylation is 1. The van der Waals surface area contributed by atoms with Crippen molar-refractivity contribution in [3.8, 4) is 0 Å². The van der Waals surface area contributed by atoms with E-state index in [0.717, 1.165) is 22.8 Å². The Bertz CT molecular complexity index is 352. The second-order valence-electron chi connectivity index (χ2n) is 3.96. The Kier molecular flexibility index (Phi) is 6.18. The van der Waals surface area contributed by atoms with Crippen LogP contribution in [0, 0.1) is 6.92 Å². The van der Waals surface area contributed by atoms with Crippen LogP contribution in [0.5, 0.6) is 0 Å². The maximum absolute atomic E-state index is 11.7. The summed E-state index contributed by atoms with van der Waals surface area (Å²) >= 11 is 1.52. The predicted molar refractivity (Wildman–Crippen MR) is 70.8 cm³/mol. The molecule has 0 aromatic carbocycles. The molecule has 0 saturated heterocycles. The third kappa shape index (κ3) is 5.30. The van der Waals surface area contributed by atoms with Gasteiger partial charge in [0, 0.05) is 31.6 Å². The summed E-state index contributed by atoms with van der Waals surface area (Å²) in [5.41, 5.74) is 0. The summed E-state index contributed by atoms with van der Waals surface area (Å²) in [6.07, 6.45) is 0. The topological polar surface area (TPSA) is 41.6 Å². The number of rotatable bonds is 7. The zero-order valence-corrected chi connectivity index (χ0v) is 11.5. The molecule has 1 N–H and O–H groups in total. The molecule has 0 aliphatic rings. The van der Waals surface area contributed by atoms with Crippen LogP contribution in [0.25, 0.3) is 0 Å². The standard InChI is InChI=1S/C12H20N2O2S/c1-10-4-5-11(17-10)12(15)13-6-7-14(2)8-9-16-3/h4-5H,6-9H2,1-3H3,(H,13,15). The van der Waals surface area contributed by atoms with Crippen molar-refractivity contribution in [2.24, 2.45) is 0 Å². The zero-order chi connectivity index (χ0) is 12.7. The summed E-state index contributed by atoms with van der Waals surface area (Å²) < 4.78 is 4.98. The highest BCUT2D eigenvalue weighted by Crippen LogP contribution is 2.14. The minimum absolute atomic E-state index is 0.0169. The maximum atomic E-state index is 11.7. The van der Waals surface area contributed by atoms with E-state index in [1.807, 2.05) is 26.1 Å². The van der Waals surface area contributed by atoms with Gasteiger partial charge in [-0.2, -0.15) is 0 Å². The fraction of sp³-hybridized carbons (Fsp3) is 0.583. The van der Waals surface area contributed by atoms with Crippen molar-refractivity contribution in [3.63, 3.8) is 0 Å². The number of nitrogens with one attached hydrogen (secondary N) is 1. The number of carbonyl (C=O) groups is 1. The van der Waals surface area contributed by atoms with E-state index in [2.05, 4.69) is 10.2 Å². The van der Waals surface area contributed by atoms with E-state index in [1.54, 1.807) is 7.11 Å². The molecule has 0 spiro atoms. The quantitative estimate of drug-likeness (QED) is 0.801. The van der Waals surface area contributed by atoms with Gasteiger partial charge in [-0.15, -0.1) is 11.3 Å². The molecule has 1 aromatic heterocycles. The van der Waals surface area contributed by atoms with E-state index in [9.17, 15) is 4.79 Å². The fourth-order valence-corrected chi connectivity index (χ4v) is 2.15. The van der Waals surface area contributed by atoms with Crippen molar-refractivity contribution in [3.05, 3.63) is 21.9 Å². The van der Waals surface area contributed by atoms with Gasteiger partial charge < -0.3 is 15.0 Å². The van der Waals surface area contributed by atoms with E-state index < -0.39 is 0 Å². The molecule has 1 aromatic rings.